The van der Waals surface area contributed by atoms with Crippen molar-refractivity contribution in [3.63, 3.8) is 0 Å². The van der Waals surface area contributed by atoms with Crippen LogP contribution in [0.2, 0.25) is 0 Å². The number of piperazine rings is 1. The van der Waals surface area contributed by atoms with Gasteiger partial charge in [0.25, 0.3) is 0 Å². The molecule has 1 fully saturated rings. The van der Waals surface area contributed by atoms with E-state index in [1.165, 1.54) is 0 Å². The molecule has 0 bridgehead atoms. The zero-order valence-electron chi connectivity index (χ0n) is 15.5. The third kappa shape index (κ3) is 4.29. The van der Waals surface area contributed by atoms with E-state index in [1.54, 1.807) is 26.5 Å². The van der Waals surface area contributed by atoms with Gasteiger partial charge in [0, 0.05) is 32.4 Å². The first kappa shape index (κ1) is 18.5. The average molecular weight is 366 g/mol. The third-order valence-electron chi connectivity index (χ3n) is 4.64. The Balaban J connectivity index is 1.57. The van der Waals surface area contributed by atoms with Crippen LogP contribution in [0, 0.1) is 11.3 Å². The quantitative estimate of drug-likeness (QED) is 0.804. The number of hydrogen-bond donors (Lipinski definition) is 0. The highest BCUT2D eigenvalue weighted by Gasteiger charge is 2.22. The second-order valence-electron chi connectivity index (χ2n) is 6.25. The topological polar surface area (TPSA) is 78.7 Å². The summed E-state index contributed by atoms with van der Waals surface area (Å²) in [5.41, 5.74) is 1.44. The lowest BCUT2D eigenvalue weighted by Gasteiger charge is -2.35. The molecule has 140 valence electrons. The largest absolute Gasteiger partial charge is 0.493 e. The Hall–Kier alpha value is -3.27. The molecule has 0 N–H and O–H groups in total. The SMILES string of the molecule is COc1ccc(CC(=O)N2CCN(c3ccc(C#N)cn3)CC2)cc1OC. The number of amides is 1. The normalized spacial score (nSPS) is 13.8. The van der Waals surface area contributed by atoms with Gasteiger partial charge in [-0.3, -0.25) is 4.79 Å². The summed E-state index contributed by atoms with van der Waals surface area (Å²) in [6.45, 7) is 2.73. The molecule has 0 atom stereocenters. The van der Waals surface area contributed by atoms with Crippen molar-refractivity contribution in [1.82, 2.24) is 9.88 Å². The molecule has 1 aliphatic heterocycles. The van der Waals surface area contributed by atoms with E-state index in [4.69, 9.17) is 14.7 Å². The van der Waals surface area contributed by atoms with Gasteiger partial charge in [-0.2, -0.15) is 5.26 Å². The second-order valence-corrected chi connectivity index (χ2v) is 6.25. The number of aromatic nitrogens is 1. The van der Waals surface area contributed by atoms with Crippen LogP contribution in [0.4, 0.5) is 5.82 Å². The zero-order valence-corrected chi connectivity index (χ0v) is 15.5. The first-order valence-electron chi connectivity index (χ1n) is 8.74. The molecule has 1 saturated heterocycles. The number of nitrogens with zero attached hydrogens (tertiary/aromatic N) is 4. The first-order valence-corrected chi connectivity index (χ1v) is 8.74. The van der Waals surface area contributed by atoms with E-state index in [2.05, 4.69) is 16.0 Å². The van der Waals surface area contributed by atoms with Gasteiger partial charge in [-0.1, -0.05) is 6.07 Å². The number of benzene rings is 1. The smallest absolute Gasteiger partial charge is 0.227 e. The van der Waals surface area contributed by atoms with Crippen LogP contribution < -0.4 is 14.4 Å². The molecule has 0 unspecified atom stereocenters. The van der Waals surface area contributed by atoms with E-state index in [-0.39, 0.29) is 5.91 Å². The minimum Gasteiger partial charge on any atom is -0.493 e. The summed E-state index contributed by atoms with van der Waals surface area (Å²) in [4.78, 5) is 21.0. The Morgan fingerprint density at radius 1 is 1.11 bits per heavy atom. The van der Waals surface area contributed by atoms with E-state index in [0.29, 0.717) is 36.6 Å². The molecule has 7 nitrogen and oxygen atoms in total. The van der Waals surface area contributed by atoms with Crippen LogP contribution in [0.15, 0.2) is 36.5 Å². The van der Waals surface area contributed by atoms with Gasteiger partial charge in [0.1, 0.15) is 11.9 Å². The van der Waals surface area contributed by atoms with Gasteiger partial charge in [0.05, 0.1) is 26.2 Å². The van der Waals surface area contributed by atoms with Gasteiger partial charge in [-0.25, -0.2) is 4.98 Å². The molecule has 27 heavy (non-hydrogen) atoms. The van der Waals surface area contributed by atoms with Gasteiger partial charge in [0.15, 0.2) is 11.5 Å². The molecule has 0 saturated carbocycles. The third-order valence-corrected chi connectivity index (χ3v) is 4.64. The molecule has 1 amide bonds. The summed E-state index contributed by atoms with van der Waals surface area (Å²) >= 11 is 0. The van der Waals surface area contributed by atoms with Gasteiger partial charge in [-0.05, 0) is 29.8 Å². The van der Waals surface area contributed by atoms with Crippen molar-refractivity contribution in [1.29, 1.82) is 5.26 Å². The molecule has 0 spiro atoms. The summed E-state index contributed by atoms with van der Waals surface area (Å²) < 4.78 is 10.5. The maximum absolute atomic E-state index is 12.6. The minimum absolute atomic E-state index is 0.0923. The number of hydrogen-bond acceptors (Lipinski definition) is 6. The molecule has 2 heterocycles. The van der Waals surface area contributed by atoms with E-state index < -0.39 is 0 Å². The van der Waals surface area contributed by atoms with Crippen molar-refractivity contribution in [2.24, 2.45) is 0 Å². The fourth-order valence-electron chi connectivity index (χ4n) is 3.10. The van der Waals surface area contributed by atoms with E-state index in [9.17, 15) is 4.79 Å². The van der Waals surface area contributed by atoms with Crippen LogP contribution in [0.25, 0.3) is 0 Å². The minimum atomic E-state index is 0.0923. The van der Waals surface area contributed by atoms with Crippen molar-refractivity contribution in [2.45, 2.75) is 6.42 Å². The number of methoxy groups -OCH3 is 2. The van der Waals surface area contributed by atoms with Gasteiger partial charge < -0.3 is 19.3 Å². The maximum atomic E-state index is 12.6. The number of carbonyl (C=O) groups excluding carboxylic acids is 1. The van der Waals surface area contributed by atoms with Crippen molar-refractivity contribution >= 4 is 11.7 Å². The Morgan fingerprint density at radius 2 is 1.85 bits per heavy atom. The predicted molar refractivity (Wildman–Crippen MR) is 101 cm³/mol. The van der Waals surface area contributed by atoms with Crippen LogP contribution in [0.5, 0.6) is 11.5 Å². The molecule has 2 aromatic rings. The number of carbonyl (C=O) groups is 1. The predicted octanol–water partition coefficient (Wildman–Crippen LogP) is 1.86. The van der Waals surface area contributed by atoms with Crippen LogP contribution in [-0.2, 0) is 11.2 Å². The summed E-state index contributed by atoms with van der Waals surface area (Å²) in [7, 11) is 3.17. The van der Waals surface area contributed by atoms with Crippen LogP contribution in [0.1, 0.15) is 11.1 Å². The summed E-state index contributed by atoms with van der Waals surface area (Å²) in [5, 5.41) is 8.86. The maximum Gasteiger partial charge on any atom is 0.227 e. The summed E-state index contributed by atoms with van der Waals surface area (Å²) in [6.07, 6.45) is 1.90. The van der Waals surface area contributed by atoms with Gasteiger partial charge in [0.2, 0.25) is 5.91 Å². The Labute approximate surface area is 158 Å². The Morgan fingerprint density at radius 3 is 2.44 bits per heavy atom. The van der Waals surface area contributed by atoms with Crippen LogP contribution in [-0.4, -0.2) is 56.2 Å². The van der Waals surface area contributed by atoms with Gasteiger partial charge in [-0.15, -0.1) is 0 Å². The van der Waals surface area contributed by atoms with Crippen molar-refractivity contribution in [3.8, 4) is 17.6 Å². The van der Waals surface area contributed by atoms with Crippen molar-refractivity contribution in [2.75, 3.05) is 45.3 Å². The number of anilines is 1. The molecule has 0 aliphatic carbocycles. The number of ether oxygens (including phenoxy) is 2. The highest BCUT2D eigenvalue weighted by Crippen LogP contribution is 2.28. The zero-order chi connectivity index (χ0) is 19.2. The molecular formula is C20H22N4O3. The fraction of sp³-hybridized carbons (Fsp3) is 0.350. The standard InChI is InChI=1S/C20H22N4O3/c1-26-17-5-3-15(11-18(17)27-2)12-20(25)24-9-7-23(8-10-24)19-6-4-16(13-21)14-22-19/h3-6,11,14H,7-10,12H2,1-2H3. The monoisotopic (exact) mass is 366 g/mol. The lowest BCUT2D eigenvalue weighted by Crippen LogP contribution is -2.49. The first-order chi connectivity index (χ1) is 13.1. The number of rotatable bonds is 5. The molecule has 3 rings (SSSR count). The summed E-state index contributed by atoms with van der Waals surface area (Å²) in [6, 6.07) is 11.2. The molecule has 0 radical (unpaired) electrons. The van der Waals surface area contributed by atoms with Crippen molar-refractivity contribution < 1.29 is 14.3 Å². The van der Waals surface area contributed by atoms with E-state index in [1.807, 2.05) is 29.2 Å². The number of pyridine rings is 1. The van der Waals surface area contributed by atoms with E-state index in [0.717, 1.165) is 24.5 Å². The molecule has 1 aromatic heterocycles. The molecule has 7 heteroatoms. The lowest BCUT2D eigenvalue weighted by atomic mass is 10.1. The Bertz CT molecular complexity index is 837. The lowest BCUT2D eigenvalue weighted by molar-refractivity contribution is -0.130. The average Bonchev–Trinajstić information content (AvgIpc) is 2.73. The fourth-order valence-corrected chi connectivity index (χ4v) is 3.10. The highest BCUT2D eigenvalue weighted by atomic mass is 16.5. The molecular weight excluding hydrogens is 344 g/mol. The van der Waals surface area contributed by atoms with Gasteiger partial charge >= 0.3 is 0 Å². The second kappa shape index (κ2) is 8.41. The highest BCUT2D eigenvalue weighted by molar-refractivity contribution is 5.79. The van der Waals surface area contributed by atoms with Crippen LogP contribution >= 0.6 is 0 Å². The molecule has 1 aromatic carbocycles. The van der Waals surface area contributed by atoms with Crippen molar-refractivity contribution in [3.05, 3.63) is 47.7 Å². The van der Waals surface area contributed by atoms with E-state index >= 15 is 0 Å². The molecule has 1 aliphatic rings. The summed E-state index contributed by atoms with van der Waals surface area (Å²) in [5.74, 6) is 2.20. The Kier molecular flexibility index (Phi) is 5.77. The number of nitriles is 1. The van der Waals surface area contributed by atoms with Crippen LogP contribution in [0.3, 0.4) is 0 Å².